The van der Waals surface area contributed by atoms with Gasteiger partial charge in [-0.1, -0.05) is 0 Å². The molecule has 5 heteroatoms. The second-order valence-electron chi connectivity index (χ2n) is 3.66. The summed E-state index contributed by atoms with van der Waals surface area (Å²) in [4.78, 5) is 10.6. The van der Waals surface area contributed by atoms with Gasteiger partial charge in [0.2, 0.25) is 5.92 Å². The Hall–Kier alpha value is -1.18. The molecule has 1 rings (SSSR count). The molecular formula is C9H11F2NO2. The first-order valence-electron chi connectivity index (χ1n) is 4.46. The molecule has 2 unspecified atom stereocenters. The minimum atomic E-state index is -2.80. The van der Waals surface area contributed by atoms with Crippen LogP contribution < -0.4 is 0 Å². The summed E-state index contributed by atoms with van der Waals surface area (Å²) in [6, 6.07) is 1.58. The molecule has 0 aromatic heterocycles. The molecule has 0 spiro atoms. The summed E-state index contributed by atoms with van der Waals surface area (Å²) < 4.78 is 25.8. The van der Waals surface area contributed by atoms with Crippen molar-refractivity contribution in [1.82, 2.24) is 0 Å². The largest absolute Gasteiger partial charge is 0.480 e. The molecule has 0 amide bonds. The van der Waals surface area contributed by atoms with Gasteiger partial charge in [0.15, 0.2) is 0 Å². The molecule has 3 nitrogen and oxygen atoms in total. The lowest BCUT2D eigenvalue weighted by atomic mass is 9.79. The van der Waals surface area contributed by atoms with Crippen LogP contribution in [-0.4, -0.2) is 17.0 Å². The van der Waals surface area contributed by atoms with E-state index in [2.05, 4.69) is 0 Å². The van der Waals surface area contributed by atoms with Crippen molar-refractivity contribution in [2.24, 2.45) is 11.8 Å². The monoisotopic (exact) mass is 203 g/mol. The lowest BCUT2D eigenvalue weighted by Gasteiger charge is -2.29. The molecule has 0 radical (unpaired) electrons. The summed E-state index contributed by atoms with van der Waals surface area (Å²) in [7, 11) is 0. The molecule has 1 N–H and O–H groups in total. The highest BCUT2D eigenvalue weighted by molar-refractivity contribution is 5.73. The van der Waals surface area contributed by atoms with Crippen LogP contribution in [0.15, 0.2) is 0 Å². The van der Waals surface area contributed by atoms with Gasteiger partial charge in [-0.2, -0.15) is 5.26 Å². The SMILES string of the molecule is N#CC(C(=O)O)C1CCCC(F)(F)C1. The fourth-order valence-electron chi connectivity index (χ4n) is 1.86. The molecule has 0 aromatic rings. The number of alkyl halides is 2. The highest BCUT2D eigenvalue weighted by atomic mass is 19.3. The number of hydrogen-bond donors (Lipinski definition) is 1. The second kappa shape index (κ2) is 3.91. The Morgan fingerprint density at radius 1 is 1.64 bits per heavy atom. The minimum absolute atomic E-state index is 0.193. The van der Waals surface area contributed by atoms with Crippen LogP contribution in [0.3, 0.4) is 0 Å². The summed E-state index contributed by atoms with van der Waals surface area (Å²) in [5.74, 6) is -6.09. The number of aliphatic carboxylic acids is 1. The number of carbonyl (C=O) groups is 1. The third-order valence-electron chi connectivity index (χ3n) is 2.55. The number of carboxylic acid groups (broad SMARTS) is 1. The first-order chi connectivity index (χ1) is 6.46. The highest BCUT2D eigenvalue weighted by Gasteiger charge is 2.41. The van der Waals surface area contributed by atoms with E-state index in [1.54, 1.807) is 6.07 Å². The van der Waals surface area contributed by atoms with Crippen LogP contribution >= 0.6 is 0 Å². The van der Waals surface area contributed by atoms with Crippen LogP contribution in [0.5, 0.6) is 0 Å². The first kappa shape index (κ1) is 10.9. The van der Waals surface area contributed by atoms with Crippen molar-refractivity contribution in [2.45, 2.75) is 31.6 Å². The molecular weight excluding hydrogens is 192 g/mol. The van der Waals surface area contributed by atoms with Gasteiger partial charge in [0.1, 0.15) is 5.92 Å². The molecule has 1 aliphatic carbocycles. The highest BCUT2D eigenvalue weighted by Crippen LogP contribution is 2.39. The summed E-state index contributed by atoms with van der Waals surface area (Å²) >= 11 is 0. The van der Waals surface area contributed by atoms with E-state index in [0.717, 1.165) is 0 Å². The van der Waals surface area contributed by atoms with Gasteiger partial charge < -0.3 is 5.11 Å². The second-order valence-corrected chi connectivity index (χ2v) is 3.66. The molecule has 0 aliphatic heterocycles. The van der Waals surface area contributed by atoms with Gasteiger partial charge in [-0.25, -0.2) is 8.78 Å². The van der Waals surface area contributed by atoms with Gasteiger partial charge in [-0.05, 0) is 18.8 Å². The zero-order valence-electron chi connectivity index (χ0n) is 7.54. The van der Waals surface area contributed by atoms with E-state index in [0.29, 0.717) is 12.8 Å². The van der Waals surface area contributed by atoms with E-state index in [-0.39, 0.29) is 6.42 Å². The number of rotatable bonds is 2. The minimum Gasteiger partial charge on any atom is -0.480 e. The zero-order chi connectivity index (χ0) is 10.8. The Bertz CT molecular complexity index is 272. The summed E-state index contributed by atoms with van der Waals surface area (Å²) in [5, 5.41) is 17.2. The van der Waals surface area contributed by atoms with E-state index in [1.165, 1.54) is 0 Å². The van der Waals surface area contributed by atoms with Crippen LogP contribution in [0.1, 0.15) is 25.7 Å². The van der Waals surface area contributed by atoms with Crippen molar-refractivity contribution in [1.29, 1.82) is 5.26 Å². The Morgan fingerprint density at radius 2 is 2.29 bits per heavy atom. The van der Waals surface area contributed by atoms with Gasteiger partial charge in [0.05, 0.1) is 6.07 Å². The standard InChI is InChI=1S/C9H11F2NO2/c10-9(11)3-1-2-6(4-9)7(5-12)8(13)14/h6-7H,1-4H2,(H,13,14). The maximum Gasteiger partial charge on any atom is 0.321 e. The maximum atomic E-state index is 12.9. The normalized spacial score (nSPS) is 27.6. The van der Waals surface area contributed by atoms with Gasteiger partial charge in [-0.15, -0.1) is 0 Å². The maximum absolute atomic E-state index is 12.9. The van der Waals surface area contributed by atoms with Crippen molar-refractivity contribution in [3.8, 4) is 6.07 Å². The third kappa shape index (κ3) is 2.41. The fourth-order valence-corrected chi connectivity index (χ4v) is 1.86. The summed E-state index contributed by atoms with van der Waals surface area (Å²) in [5.41, 5.74) is 0. The van der Waals surface area contributed by atoms with Crippen LogP contribution in [0.25, 0.3) is 0 Å². The molecule has 0 aromatic carbocycles. The number of halogens is 2. The Morgan fingerprint density at radius 3 is 2.71 bits per heavy atom. The Labute approximate surface area is 80.3 Å². The smallest absolute Gasteiger partial charge is 0.321 e. The summed E-state index contributed by atoms with van der Waals surface area (Å²) in [6.45, 7) is 0. The van der Waals surface area contributed by atoms with E-state index in [4.69, 9.17) is 10.4 Å². The van der Waals surface area contributed by atoms with E-state index in [9.17, 15) is 13.6 Å². The Balaban J connectivity index is 2.69. The van der Waals surface area contributed by atoms with Gasteiger partial charge in [0.25, 0.3) is 0 Å². The topological polar surface area (TPSA) is 61.1 Å². The van der Waals surface area contributed by atoms with Crippen LogP contribution in [0.4, 0.5) is 8.78 Å². The molecule has 0 bridgehead atoms. The lowest BCUT2D eigenvalue weighted by molar-refractivity contribution is -0.143. The molecule has 14 heavy (non-hydrogen) atoms. The van der Waals surface area contributed by atoms with Gasteiger partial charge in [0, 0.05) is 12.8 Å². The molecule has 0 heterocycles. The van der Waals surface area contributed by atoms with E-state index in [1.807, 2.05) is 0 Å². The molecule has 1 aliphatic rings. The number of nitriles is 1. The van der Waals surface area contributed by atoms with Crippen LogP contribution in [0, 0.1) is 23.2 Å². The number of hydrogen-bond acceptors (Lipinski definition) is 2. The van der Waals surface area contributed by atoms with Gasteiger partial charge >= 0.3 is 5.97 Å². The fraction of sp³-hybridized carbons (Fsp3) is 0.778. The van der Waals surface area contributed by atoms with Crippen molar-refractivity contribution >= 4 is 5.97 Å². The molecule has 78 valence electrons. The number of nitrogens with zero attached hydrogens (tertiary/aromatic N) is 1. The van der Waals surface area contributed by atoms with Crippen molar-refractivity contribution in [2.75, 3.05) is 0 Å². The lowest BCUT2D eigenvalue weighted by Crippen LogP contribution is -2.33. The molecule has 1 saturated carbocycles. The quantitative estimate of drug-likeness (QED) is 0.746. The number of carboxylic acids is 1. The van der Waals surface area contributed by atoms with E-state index < -0.39 is 30.1 Å². The van der Waals surface area contributed by atoms with Crippen LogP contribution in [-0.2, 0) is 4.79 Å². The molecule has 0 saturated heterocycles. The Kier molecular flexibility index (Phi) is 3.04. The van der Waals surface area contributed by atoms with Crippen LogP contribution in [0.2, 0.25) is 0 Å². The zero-order valence-corrected chi connectivity index (χ0v) is 7.54. The average molecular weight is 203 g/mol. The van der Waals surface area contributed by atoms with Crippen molar-refractivity contribution in [3.63, 3.8) is 0 Å². The van der Waals surface area contributed by atoms with Crippen molar-refractivity contribution in [3.05, 3.63) is 0 Å². The first-order valence-corrected chi connectivity index (χ1v) is 4.46. The molecule has 1 fully saturated rings. The summed E-state index contributed by atoms with van der Waals surface area (Å²) in [6.07, 6.45) is 0.0298. The third-order valence-corrected chi connectivity index (χ3v) is 2.55. The average Bonchev–Trinajstić information content (AvgIpc) is 2.02. The molecule has 2 atom stereocenters. The van der Waals surface area contributed by atoms with E-state index >= 15 is 0 Å². The predicted molar refractivity (Wildman–Crippen MR) is 43.6 cm³/mol. The van der Waals surface area contributed by atoms with Gasteiger partial charge in [-0.3, -0.25) is 4.79 Å². The predicted octanol–water partition coefficient (Wildman–Crippen LogP) is 2.04. The van der Waals surface area contributed by atoms with Crippen molar-refractivity contribution < 1.29 is 18.7 Å².